The first-order valence-electron chi connectivity index (χ1n) is 6.04. The molecule has 0 unspecified atom stereocenters. The first kappa shape index (κ1) is 14.7. The van der Waals surface area contributed by atoms with Crippen LogP contribution in [0.15, 0.2) is 40.9 Å². The van der Waals surface area contributed by atoms with E-state index in [2.05, 4.69) is 21.2 Å². The average Bonchev–Trinajstić information content (AvgIpc) is 2.46. The lowest BCUT2D eigenvalue weighted by atomic mass is 10.2. The fourth-order valence-electron chi connectivity index (χ4n) is 1.82. The highest BCUT2D eigenvalue weighted by atomic mass is 79.9. The van der Waals surface area contributed by atoms with Gasteiger partial charge in [0.15, 0.2) is 0 Å². The van der Waals surface area contributed by atoms with Crippen molar-refractivity contribution in [1.82, 2.24) is 0 Å². The normalized spacial score (nSPS) is 10.2. The topological polar surface area (TPSA) is 30.5 Å². The molecule has 3 nitrogen and oxygen atoms in total. The van der Waals surface area contributed by atoms with Crippen molar-refractivity contribution < 1.29 is 13.9 Å². The van der Waals surface area contributed by atoms with Gasteiger partial charge in [-0.25, -0.2) is 4.39 Å². The Morgan fingerprint density at radius 3 is 2.55 bits per heavy atom. The fraction of sp³-hybridized carbons (Fsp3) is 0.200. The molecule has 0 radical (unpaired) electrons. The quantitative estimate of drug-likeness (QED) is 0.884. The SMILES string of the molecule is COc1ccc(CNc2ccc(F)cc2Br)c(OC)c1. The van der Waals surface area contributed by atoms with Crippen LogP contribution in [-0.4, -0.2) is 14.2 Å². The Balaban J connectivity index is 2.14. The van der Waals surface area contributed by atoms with Crippen LogP contribution in [0, 0.1) is 5.82 Å². The molecule has 2 rings (SSSR count). The zero-order chi connectivity index (χ0) is 14.5. The third-order valence-corrected chi connectivity index (χ3v) is 3.55. The van der Waals surface area contributed by atoms with Crippen molar-refractivity contribution in [3.63, 3.8) is 0 Å². The Kier molecular flexibility index (Phi) is 4.84. The van der Waals surface area contributed by atoms with E-state index in [1.165, 1.54) is 12.1 Å². The summed E-state index contributed by atoms with van der Waals surface area (Å²) in [7, 11) is 3.23. The molecule has 5 heteroatoms. The number of methoxy groups -OCH3 is 2. The monoisotopic (exact) mass is 339 g/mol. The number of benzene rings is 2. The highest BCUT2D eigenvalue weighted by molar-refractivity contribution is 9.10. The van der Waals surface area contributed by atoms with Gasteiger partial charge in [-0.3, -0.25) is 0 Å². The molecule has 0 atom stereocenters. The summed E-state index contributed by atoms with van der Waals surface area (Å²) in [5.74, 6) is 1.22. The van der Waals surface area contributed by atoms with Crippen molar-refractivity contribution >= 4 is 21.6 Å². The molecule has 20 heavy (non-hydrogen) atoms. The molecule has 0 heterocycles. The molecule has 1 N–H and O–H groups in total. The highest BCUT2D eigenvalue weighted by Gasteiger charge is 2.06. The molecule has 0 aliphatic heterocycles. The van der Waals surface area contributed by atoms with Crippen LogP contribution in [0.25, 0.3) is 0 Å². The van der Waals surface area contributed by atoms with Gasteiger partial charge in [-0.1, -0.05) is 0 Å². The Morgan fingerprint density at radius 1 is 1.10 bits per heavy atom. The van der Waals surface area contributed by atoms with E-state index in [-0.39, 0.29) is 5.82 Å². The van der Waals surface area contributed by atoms with E-state index in [4.69, 9.17) is 9.47 Å². The largest absolute Gasteiger partial charge is 0.497 e. The average molecular weight is 340 g/mol. The first-order valence-corrected chi connectivity index (χ1v) is 6.83. The number of rotatable bonds is 5. The molecule has 0 aliphatic carbocycles. The summed E-state index contributed by atoms with van der Waals surface area (Å²) in [5.41, 5.74) is 1.81. The van der Waals surface area contributed by atoms with Crippen LogP contribution >= 0.6 is 15.9 Å². The standard InChI is InChI=1S/C15H15BrFNO2/c1-19-12-5-3-10(15(8-12)20-2)9-18-14-6-4-11(17)7-13(14)16/h3-8,18H,9H2,1-2H3. The maximum atomic E-state index is 13.0. The van der Waals surface area contributed by atoms with Crippen LogP contribution in [0.4, 0.5) is 10.1 Å². The minimum atomic E-state index is -0.274. The molecule has 2 aromatic rings. The molecule has 0 saturated heterocycles. The molecule has 106 valence electrons. The van der Waals surface area contributed by atoms with Crippen molar-refractivity contribution in [2.75, 3.05) is 19.5 Å². The minimum absolute atomic E-state index is 0.274. The number of anilines is 1. The molecule has 0 spiro atoms. The number of halogens is 2. The van der Waals surface area contributed by atoms with Gasteiger partial charge in [-0.2, -0.15) is 0 Å². The first-order chi connectivity index (χ1) is 9.63. The Hall–Kier alpha value is -1.75. The second kappa shape index (κ2) is 6.61. The van der Waals surface area contributed by atoms with Crippen molar-refractivity contribution in [3.05, 3.63) is 52.3 Å². The van der Waals surface area contributed by atoms with E-state index in [1.54, 1.807) is 20.3 Å². The van der Waals surface area contributed by atoms with Gasteiger partial charge in [0.25, 0.3) is 0 Å². The van der Waals surface area contributed by atoms with E-state index >= 15 is 0 Å². The van der Waals surface area contributed by atoms with Gasteiger partial charge in [0.1, 0.15) is 17.3 Å². The Morgan fingerprint density at radius 2 is 1.90 bits per heavy atom. The molecule has 2 aromatic carbocycles. The molecule has 0 aliphatic rings. The number of hydrogen-bond acceptors (Lipinski definition) is 3. The zero-order valence-electron chi connectivity index (χ0n) is 11.2. The Bertz CT molecular complexity index is 604. The van der Waals surface area contributed by atoms with Crippen LogP contribution in [0.1, 0.15) is 5.56 Å². The molecular weight excluding hydrogens is 325 g/mol. The van der Waals surface area contributed by atoms with Gasteiger partial charge < -0.3 is 14.8 Å². The van der Waals surface area contributed by atoms with Crippen LogP contribution in [0.2, 0.25) is 0 Å². The van der Waals surface area contributed by atoms with Crippen LogP contribution < -0.4 is 14.8 Å². The van der Waals surface area contributed by atoms with Crippen molar-refractivity contribution in [1.29, 1.82) is 0 Å². The summed E-state index contributed by atoms with van der Waals surface area (Å²) >= 11 is 3.33. The third-order valence-electron chi connectivity index (χ3n) is 2.89. The van der Waals surface area contributed by atoms with E-state index in [1.807, 2.05) is 18.2 Å². The van der Waals surface area contributed by atoms with Crippen molar-refractivity contribution in [2.24, 2.45) is 0 Å². The number of ether oxygens (including phenoxy) is 2. The van der Waals surface area contributed by atoms with E-state index in [0.717, 1.165) is 22.7 Å². The minimum Gasteiger partial charge on any atom is -0.497 e. The van der Waals surface area contributed by atoms with Gasteiger partial charge in [0.2, 0.25) is 0 Å². The molecule has 0 aromatic heterocycles. The molecular formula is C15H15BrFNO2. The fourth-order valence-corrected chi connectivity index (χ4v) is 2.31. The van der Waals surface area contributed by atoms with E-state index < -0.39 is 0 Å². The summed E-state index contributed by atoms with van der Waals surface area (Å²) in [6.07, 6.45) is 0. The lowest BCUT2D eigenvalue weighted by Gasteiger charge is -2.13. The zero-order valence-corrected chi connectivity index (χ0v) is 12.8. The maximum absolute atomic E-state index is 13.0. The lowest BCUT2D eigenvalue weighted by molar-refractivity contribution is 0.391. The summed E-state index contributed by atoms with van der Waals surface area (Å²) in [4.78, 5) is 0. The predicted molar refractivity (Wildman–Crippen MR) is 81.0 cm³/mol. The van der Waals surface area contributed by atoms with Gasteiger partial charge in [-0.05, 0) is 46.3 Å². The maximum Gasteiger partial charge on any atom is 0.127 e. The summed E-state index contributed by atoms with van der Waals surface area (Å²) in [5, 5.41) is 3.23. The highest BCUT2D eigenvalue weighted by Crippen LogP contribution is 2.27. The van der Waals surface area contributed by atoms with Gasteiger partial charge in [0.05, 0.1) is 14.2 Å². The van der Waals surface area contributed by atoms with E-state index in [9.17, 15) is 4.39 Å². The van der Waals surface area contributed by atoms with Gasteiger partial charge in [0, 0.05) is 28.3 Å². The second-order valence-electron chi connectivity index (χ2n) is 4.16. The summed E-state index contributed by atoms with van der Waals surface area (Å²) in [6, 6.07) is 10.2. The van der Waals surface area contributed by atoms with Crippen molar-refractivity contribution in [3.8, 4) is 11.5 Å². The van der Waals surface area contributed by atoms with E-state index in [0.29, 0.717) is 11.0 Å². The molecule has 0 fully saturated rings. The lowest BCUT2D eigenvalue weighted by Crippen LogP contribution is -2.02. The number of nitrogens with one attached hydrogen (secondary N) is 1. The Labute approximate surface area is 125 Å². The third kappa shape index (κ3) is 3.42. The smallest absolute Gasteiger partial charge is 0.127 e. The predicted octanol–water partition coefficient (Wildman–Crippen LogP) is 4.22. The van der Waals surface area contributed by atoms with Crippen molar-refractivity contribution in [2.45, 2.75) is 6.54 Å². The van der Waals surface area contributed by atoms with Crippen LogP contribution in [-0.2, 0) is 6.54 Å². The number of hydrogen-bond donors (Lipinski definition) is 1. The van der Waals surface area contributed by atoms with Crippen LogP contribution in [0.3, 0.4) is 0 Å². The van der Waals surface area contributed by atoms with Gasteiger partial charge >= 0.3 is 0 Å². The van der Waals surface area contributed by atoms with Crippen LogP contribution in [0.5, 0.6) is 11.5 Å². The second-order valence-corrected chi connectivity index (χ2v) is 5.01. The summed E-state index contributed by atoms with van der Waals surface area (Å²) < 4.78 is 24.2. The molecule has 0 amide bonds. The molecule has 0 saturated carbocycles. The van der Waals surface area contributed by atoms with Gasteiger partial charge in [-0.15, -0.1) is 0 Å². The molecule has 0 bridgehead atoms. The summed E-state index contributed by atoms with van der Waals surface area (Å²) in [6.45, 7) is 0.567.